The number of nitrogens with one attached hydrogen (secondary N) is 1. The van der Waals surface area contributed by atoms with Crippen molar-refractivity contribution in [1.82, 2.24) is 0 Å². The van der Waals surface area contributed by atoms with Gasteiger partial charge in [0, 0.05) is 32.9 Å². The molecule has 5 heteroatoms. The van der Waals surface area contributed by atoms with Gasteiger partial charge in [0.25, 0.3) is 0 Å². The summed E-state index contributed by atoms with van der Waals surface area (Å²) in [6.07, 6.45) is 0. The van der Waals surface area contributed by atoms with E-state index in [2.05, 4.69) is 41.2 Å². The van der Waals surface area contributed by atoms with Gasteiger partial charge in [0.15, 0.2) is 11.5 Å². The van der Waals surface area contributed by atoms with Crippen LogP contribution in [0.25, 0.3) is 0 Å². The molecule has 20 heavy (non-hydrogen) atoms. The highest BCUT2D eigenvalue weighted by atomic mass is 79.9. The van der Waals surface area contributed by atoms with Crippen LogP contribution in [0.5, 0.6) is 11.5 Å². The first-order valence-corrected chi connectivity index (χ1v) is 8.13. The molecular weight excluding hydrogens is 338 g/mol. The van der Waals surface area contributed by atoms with Gasteiger partial charge >= 0.3 is 0 Å². The van der Waals surface area contributed by atoms with Gasteiger partial charge in [0.05, 0.1) is 5.69 Å². The van der Waals surface area contributed by atoms with Gasteiger partial charge in [-0.2, -0.15) is 0 Å². The quantitative estimate of drug-likeness (QED) is 0.880. The number of fused-ring (bicyclic) bond motifs is 1. The first kappa shape index (κ1) is 13.8. The predicted octanol–water partition coefficient (Wildman–Crippen LogP) is 4.51. The Kier molecular flexibility index (Phi) is 3.89. The molecular formula is C15H16BrNO2S. The summed E-state index contributed by atoms with van der Waals surface area (Å²) in [4.78, 5) is 2.71. The van der Waals surface area contributed by atoms with E-state index in [9.17, 15) is 0 Å². The first-order valence-electron chi connectivity index (χ1n) is 6.52. The van der Waals surface area contributed by atoms with Gasteiger partial charge in [-0.1, -0.05) is 0 Å². The molecule has 1 N–H and O–H groups in total. The normalized spacial score (nSPS) is 13.3. The number of thiophene rings is 1. The van der Waals surface area contributed by atoms with Gasteiger partial charge in [-0.3, -0.25) is 0 Å². The summed E-state index contributed by atoms with van der Waals surface area (Å²) in [5.74, 6) is 1.61. The van der Waals surface area contributed by atoms with Crippen LogP contribution in [-0.4, -0.2) is 13.2 Å². The van der Waals surface area contributed by atoms with E-state index in [1.165, 1.54) is 15.3 Å². The van der Waals surface area contributed by atoms with Gasteiger partial charge in [0.2, 0.25) is 0 Å². The summed E-state index contributed by atoms with van der Waals surface area (Å²) in [5, 5.41) is 3.46. The second-order valence-corrected chi connectivity index (χ2v) is 7.08. The van der Waals surface area contributed by atoms with E-state index < -0.39 is 0 Å². The van der Waals surface area contributed by atoms with Crippen LogP contribution in [0.2, 0.25) is 0 Å². The van der Waals surface area contributed by atoms with E-state index >= 15 is 0 Å². The van der Waals surface area contributed by atoms with Crippen molar-refractivity contribution in [3.05, 3.63) is 38.0 Å². The van der Waals surface area contributed by atoms with Crippen LogP contribution in [0.4, 0.5) is 5.69 Å². The fourth-order valence-corrected chi connectivity index (χ4v) is 3.66. The summed E-state index contributed by atoms with van der Waals surface area (Å²) in [5.41, 5.74) is 2.37. The van der Waals surface area contributed by atoms with E-state index in [1.54, 1.807) is 0 Å². The van der Waals surface area contributed by atoms with Crippen LogP contribution in [0.15, 0.2) is 22.7 Å². The number of benzene rings is 1. The van der Waals surface area contributed by atoms with Crippen LogP contribution in [0, 0.1) is 13.8 Å². The van der Waals surface area contributed by atoms with Gasteiger partial charge in [0.1, 0.15) is 13.2 Å². The van der Waals surface area contributed by atoms with Crippen molar-refractivity contribution in [2.75, 3.05) is 18.5 Å². The van der Waals surface area contributed by atoms with E-state index in [-0.39, 0.29) is 0 Å². The second kappa shape index (κ2) is 5.66. The molecule has 0 radical (unpaired) electrons. The molecule has 0 atom stereocenters. The molecule has 2 aromatic rings. The molecule has 106 valence electrons. The van der Waals surface area contributed by atoms with Crippen molar-refractivity contribution < 1.29 is 9.47 Å². The van der Waals surface area contributed by atoms with Crippen molar-refractivity contribution >= 4 is 33.0 Å². The molecule has 1 aliphatic heterocycles. The number of hydrogen-bond donors (Lipinski definition) is 1. The maximum absolute atomic E-state index is 5.62. The molecule has 0 saturated carbocycles. The number of anilines is 1. The highest BCUT2D eigenvalue weighted by Gasteiger charge is 2.15. The van der Waals surface area contributed by atoms with Crippen LogP contribution in [-0.2, 0) is 6.54 Å². The molecule has 0 unspecified atom stereocenters. The zero-order chi connectivity index (χ0) is 14.1. The lowest BCUT2D eigenvalue weighted by Crippen LogP contribution is -2.15. The zero-order valence-corrected chi connectivity index (χ0v) is 13.9. The Morgan fingerprint density at radius 1 is 1.15 bits per heavy atom. The number of hydrogen-bond acceptors (Lipinski definition) is 4. The maximum atomic E-state index is 5.62. The average Bonchev–Trinajstić information content (AvgIpc) is 2.74. The van der Waals surface area contributed by atoms with Gasteiger partial charge < -0.3 is 14.8 Å². The molecule has 0 saturated heterocycles. The zero-order valence-electron chi connectivity index (χ0n) is 11.5. The Morgan fingerprint density at radius 3 is 2.50 bits per heavy atom. The second-order valence-electron chi connectivity index (χ2n) is 4.77. The third kappa shape index (κ3) is 2.79. The molecule has 2 heterocycles. The highest BCUT2D eigenvalue weighted by Crippen LogP contribution is 2.38. The minimum Gasteiger partial charge on any atom is -0.486 e. The van der Waals surface area contributed by atoms with E-state index in [4.69, 9.17) is 9.47 Å². The van der Waals surface area contributed by atoms with Gasteiger partial charge in [-0.15, -0.1) is 11.3 Å². The summed E-state index contributed by atoms with van der Waals surface area (Å²) in [6.45, 7) is 6.33. The molecule has 0 spiro atoms. The van der Waals surface area contributed by atoms with E-state index in [1.807, 2.05) is 23.5 Å². The topological polar surface area (TPSA) is 30.5 Å². The van der Waals surface area contributed by atoms with Gasteiger partial charge in [-0.25, -0.2) is 0 Å². The van der Waals surface area contributed by atoms with Crippen LogP contribution in [0.1, 0.15) is 15.3 Å². The Morgan fingerprint density at radius 2 is 1.85 bits per heavy atom. The molecule has 0 bridgehead atoms. The molecule has 3 rings (SSSR count). The first-order chi connectivity index (χ1) is 9.63. The molecule has 1 aliphatic rings. The van der Waals surface area contributed by atoms with Crippen LogP contribution < -0.4 is 14.8 Å². The van der Waals surface area contributed by atoms with Crippen LogP contribution >= 0.6 is 27.3 Å². The molecule has 1 aromatic carbocycles. The molecule has 1 aromatic heterocycles. The smallest absolute Gasteiger partial charge is 0.163 e. The minimum atomic E-state index is 0.608. The third-order valence-corrected chi connectivity index (χ3v) is 4.91. The fourth-order valence-electron chi connectivity index (χ4n) is 2.25. The number of rotatable bonds is 3. The fraction of sp³-hybridized carbons (Fsp3) is 0.333. The van der Waals surface area contributed by atoms with Gasteiger partial charge in [-0.05, 0) is 41.4 Å². The Balaban J connectivity index is 1.79. The number of aryl methyl sites for hydroxylation is 2. The monoisotopic (exact) mass is 353 g/mol. The number of ether oxygens (including phenoxy) is 2. The van der Waals surface area contributed by atoms with E-state index in [0.717, 1.165) is 28.2 Å². The standard InChI is InChI=1S/C15H16BrNO2S/c1-9-5-11(10(2)20-9)8-17-13-7-15-14(6-12(13)16)18-3-4-19-15/h5-7,17H,3-4,8H2,1-2H3. The molecule has 0 aliphatic carbocycles. The third-order valence-electron chi connectivity index (χ3n) is 3.24. The lowest BCUT2D eigenvalue weighted by atomic mass is 10.2. The van der Waals surface area contributed by atoms with E-state index in [0.29, 0.717) is 13.2 Å². The SMILES string of the molecule is Cc1cc(CNc2cc3c(cc2Br)OCCO3)c(C)s1. The van der Waals surface area contributed by atoms with Crippen molar-refractivity contribution in [3.63, 3.8) is 0 Å². The van der Waals surface area contributed by atoms with Crippen LogP contribution in [0.3, 0.4) is 0 Å². The minimum absolute atomic E-state index is 0.608. The Bertz CT molecular complexity index is 639. The summed E-state index contributed by atoms with van der Waals surface area (Å²) in [7, 11) is 0. The van der Waals surface area contributed by atoms with Crippen molar-refractivity contribution in [3.8, 4) is 11.5 Å². The lowest BCUT2D eigenvalue weighted by Gasteiger charge is -2.20. The molecule has 3 nitrogen and oxygen atoms in total. The van der Waals surface area contributed by atoms with Crippen molar-refractivity contribution in [1.29, 1.82) is 0 Å². The summed E-state index contributed by atoms with van der Waals surface area (Å²) in [6, 6.07) is 6.19. The highest BCUT2D eigenvalue weighted by molar-refractivity contribution is 9.10. The Hall–Kier alpha value is -1.20. The summed E-state index contributed by atoms with van der Waals surface area (Å²) >= 11 is 5.41. The predicted molar refractivity (Wildman–Crippen MR) is 86.3 cm³/mol. The largest absolute Gasteiger partial charge is 0.486 e. The van der Waals surface area contributed by atoms with Crippen molar-refractivity contribution in [2.24, 2.45) is 0 Å². The molecule has 0 amide bonds. The average molecular weight is 354 g/mol. The lowest BCUT2D eigenvalue weighted by molar-refractivity contribution is 0.171. The summed E-state index contributed by atoms with van der Waals surface area (Å²) < 4.78 is 12.2. The Labute approximate surface area is 131 Å². The number of halogens is 1. The van der Waals surface area contributed by atoms with Crippen molar-refractivity contribution in [2.45, 2.75) is 20.4 Å². The molecule has 0 fully saturated rings. The maximum Gasteiger partial charge on any atom is 0.163 e.